The fraction of sp³-hybridized carbons (Fsp3) is 0.364. The predicted octanol–water partition coefficient (Wildman–Crippen LogP) is 2.37. The van der Waals surface area contributed by atoms with Gasteiger partial charge < -0.3 is 10.2 Å². The second-order valence-corrected chi connectivity index (χ2v) is 9.46. The highest BCUT2D eigenvalue weighted by Crippen LogP contribution is 2.22. The Labute approximate surface area is 182 Å². The summed E-state index contributed by atoms with van der Waals surface area (Å²) in [5.41, 5.74) is 2.71. The van der Waals surface area contributed by atoms with Crippen LogP contribution >= 0.6 is 0 Å². The zero-order valence-corrected chi connectivity index (χ0v) is 19.2. The van der Waals surface area contributed by atoms with Gasteiger partial charge in [0.1, 0.15) is 18.4 Å². The normalized spacial score (nSPS) is 12.2. The quantitative estimate of drug-likeness (QED) is 0.670. The number of sulfonamides is 1. The van der Waals surface area contributed by atoms with E-state index in [0.29, 0.717) is 11.3 Å². The lowest BCUT2D eigenvalue weighted by molar-refractivity contribution is -0.139. The summed E-state index contributed by atoms with van der Waals surface area (Å²) in [5.74, 6) is -1.36. The van der Waals surface area contributed by atoms with Gasteiger partial charge in [-0.05, 0) is 61.7 Å². The number of benzene rings is 2. The first-order valence-corrected chi connectivity index (χ1v) is 11.6. The molecule has 0 bridgehead atoms. The number of carbonyl (C=O) groups is 2. The van der Waals surface area contributed by atoms with Gasteiger partial charge in [-0.3, -0.25) is 13.9 Å². The van der Waals surface area contributed by atoms with E-state index in [-0.39, 0.29) is 6.54 Å². The van der Waals surface area contributed by atoms with Crippen LogP contribution in [0.25, 0.3) is 0 Å². The molecule has 0 aliphatic heterocycles. The van der Waals surface area contributed by atoms with Crippen molar-refractivity contribution in [3.8, 4) is 0 Å². The van der Waals surface area contributed by atoms with Crippen molar-refractivity contribution in [3.05, 3.63) is 65.0 Å². The van der Waals surface area contributed by atoms with Crippen LogP contribution in [0.1, 0.15) is 23.6 Å². The molecular weight excluding hydrogens is 421 g/mol. The minimum atomic E-state index is -3.77. The highest BCUT2D eigenvalue weighted by molar-refractivity contribution is 7.92. The first kappa shape index (κ1) is 24.3. The number of anilines is 1. The Kier molecular flexibility index (Phi) is 7.78. The Morgan fingerprint density at radius 1 is 1.06 bits per heavy atom. The molecular formula is C22H28FN3O4S. The second-order valence-electron chi connectivity index (χ2n) is 7.55. The van der Waals surface area contributed by atoms with Crippen LogP contribution in [-0.2, 0) is 26.2 Å². The molecule has 0 aromatic heterocycles. The summed E-state index contributed by atoms with van der Waals surface area (Å²) < 4.78 is 39.3. The molecule has 31 heavy (non-hydrogen) atoms. The van der Waals surface area contributed by atoms with Crippen molar-refractivity contribution in [3.63, 3.8) is 0 Å². The van der Waals surface area contributed by atoms with Gasteiger partial charge in [0, 0.05) is 13.6 Å². The van der Waals surface area contributed by atoms with E-state index in [1.54, 1.807) is 19.1 Å². The van der Waals surface area contributed by atoms with Gasteiger partial charge in [-0.15, -0.1) is 0 Å². The third-order valence-corrected chi connectivity index (χ3v) is 5.99. The number of hydrogen-bond acceptors (Lipinski definition) is 4. The first-order valence-electron chi connectivity index (χ1n) is 9.74. The molecule has 2 amide bonds. The lowest BCUT2D eigenvalue weighted by Gasteiger charge is -2.31. The average Bonchev–Trinajstić information content (AvgIpc) is 2.68. The lowest BCUT2D eigenvalue weighted by Crippen LogP contribution is -2.50. The SMILES string of the molecule is CNC(=O)C(C)N(Cc1ccc(F)cc1)C(=O)CN(c1cc(C)cc(C)c1)S(C)(=O)=O. The van der Waals surface area contributed by atoms with Gasteiger partial charge in [0.2, 0.25) is 21.8 Å². The molecule has 2 aromatic carbocycles. The summed E-state index contributed by atoms with van der Waals surface area (Å²) in [4.78, 5) is 26.8. The van der Waals surface area contributed by atoms with Gasteiger partial charge in [0.05, 0.1) is 11.9 Å². The number of aryl methyl sites for hydroxylation is 2. The van der Waals surface area contributed by atoms with Crippen molar-refractivity contribution < 1.29 is 22.4 Å². The molecule has 2 aromatic rings. The van der Waals surface area contributed by atoms with Crippen LogP contribution in [0.15, 0.2) is 42.5 Å². The summed E-state index contributed by atoms with van der Waals surface area (Å²) in [6, 6.07) is 9.99. The van der Waals surface area contributed by atoms with E-state index in [0.717, 1.165) is 21.7 Å². The molecule has 0 aliphatic carbocycles. The number of nitrogens with zero attached hydrogens (tertiary/aromatic N) is 2. The third-order valence-electron chi connectivity index (χ3n) is 4.85. The molecule has 0 aliphatic rings. The van der Waals surface area contributed by atoms with E-state index in [4.69, 9.17) is 0 Å². The van der Waals surface area contributed by atoms with Crippen molar-refractivity contribution in [2.45, 2.75) is 33.4 Å². The van der Waals surface area contributed by atoms with Crippen molar-refractivity contribution >= 4 is 27.5 Å². The number of carbonyl (C=O) groups excluding carboxylic acids is 2. The number of halogens is 1. The van der Waals surface area contributed by atoms with Crippen LogP contribution in [0, 0.1) is 19.7 Å². The summed E-state index contributed by atoms with van der Waals surface area (Å²) in [7, 11) is -2.32. The van der Waals surface area contributed by atoms with Crippen molar-refractivity contribution in [1.82, 2.24) is 10.2 Å². The maximum Gasteiger partial charge on any atom is 0.244 e. The van der Waals surface area contributed by atoms with Gasteiger partial charge in [-0.2, -0.15) is 0 Å². The number of rotatable bonds is 8. The molecule has 0 spiro atoms. The van der Waals surface area contributed by atoms with Crippen molar-refractivity contribution in [2.75, 3.05) is 24.2 Å². The zero-order valence-electron chi connectivity index (χ0n) is 18.3. The molecule has 0 heterocycles. The van der Waals surface area contributed by atoms with E-state index in [1.807, 2.05) is 19.9 Å². The molecule has 1 atom stereocenters. The topological polar surface area (TPSA) is 86.8 Å². The molecule has 1 unspecified atom stereocenters. The summed E-state index contributed by atoms with van der Waals surface area (Å²) in [5, 5.41) is 2.50. The van der Waals surface area contributed by atoms with Gasteiger partial charge in [0.15, 0.2) is 0 Å². The average molecular weight is 450 g/mol. The van der Waals surface area contributed by atoms with Gasteiger partial charge in [-0.1, -0.05) is 18.2 Å². The highest BCUT2D eigenvalue weighted by atomic mass is 32.2. The van der Waals surface area contributed by atoms with E-state index < -0.39 is 40.2 Å². The van der Waals surface area contributed by atoms with E-state index in [2.05, 4.69) is 5.32 Å². The predicted molar refractivity (Wildman–Crippen MR) is 119 cm³/mol. The first-order chi connectivity index (χ1) is 14.4. The summed E-state index contributed by atoms with van der Waals surface area (Å²) in [6.45, 7) is 4.80. The largest absolute Gasteiger partial charge is 0.357 e. The van der Waals surface area contributed by atoms with Crippen LogP contribution < -0.4 is 9.62 Å². The molecule has 0 saturated heterocycles. The Hall–Kier alpha value is -2.94. The molecule has 2 rings (SSSR count). The van der Waals surface area contributed by atoms with Crippen LogP contribution in [0.3, 0.4) is 0 Å². The van der Waals surface area contributed by atoms with Crippen LogP contribution in [0.5, 0.6) is 0 Å². The molecule has 9 heteroatoms. The monoisotopic (exact) mass is 449 g/mol. The molecule has 1 N–H and O–H groups in total. The Morgan fingerprint density at radius 3 is 2.10 bits per heavy atom. The Morgan fingerprint density at radius 2 is 1.61 bits per heavy atom. The lowest BCUT2D eigenvalue weighted by atomic mass is 10.1. The summed E-state index contributed by atoms with van der Waals surface area (Å²) in [6.07, 6.45) is 1.03. The molecule has 0 fully saturated rings. The minimum Gasteiger partial charge on any atom is -0.357 e. The maximum absolute atomic E-state index is 13.3. The number of likely N-dealkylation sites (N-methyl/N-ethyl adjacent to an activating group) is 1. The van der Waals surface area contributed by atoms with Crippen LogP contribution in [0.4, 0.5) is 10.1 Å². The van der Waals surface area contributed by atoms with E-state index >= 15 is 0 Å². The summed E-state index contributed by atoms with van der Waals surface area (Å²) >= 11 is 0. The van der Waals surface area contributed by atoms with Crippen molar-refractivity contribution in [2.24, 2.45) is 0 Å². The van der Waals surface area contributed by atoms with Gasteiger partial charge in [0.25, 0.3) is 0 Å². The Bertz CT molecular complexity index is 1030. The number of hydrogen-bond donors (Lipinski definition) is 1. The van der Waals surface area contributed by atoms with Crippen LogP contribution in [-0.4, -0.2) is 51.0 Å². The van der Waals surface area contributed by atoms with Gasteiger partial charge >= 0.3 is 0 Å². The smallest absolute Gasteiger partial charge is 0.244 e. The van der Waals surface area contributed by atoms with E-state index in [1.165, 1.54) is 36.2 Å². The molecule has 168 valence electrons. The molecule has 7 nitrogen and oxygen atoms in total. The standard InChI is InChI=1S/C22H28FN3O4S/c1-15-10-16(2)12-20(11-15)26(31(5,29)30)14-21(27)25(17(3)22(28)24-4)13-18-6-8-19(23)9-7-18/h6-12,17H,13-14H2,1-5H3,(H,24,28). The fourth-order valence-corrected chi connectivity index (χ4v) is 4.12. The molecule has 0 radical (unpaired) electrons. The zero-order chi connectivity index (χ0) is 23.3. The van der Waals surface area contributed by atoms with Crippen LogP contribution in [0.2, 0.25) is 0 Å². The highest BCUT2D eigenvalue weighted by Gasteiger charge is 2.29. The number of nitrogens with one attached hydrogen (secondary N) is 1. The van der Waals surface area contributed by atoms with E-state index in [9.17, 15) is 22.4 Å². The van der Waals surface area contributed by atoms with Gasteiger partial charge in [-0.25, -0.2) is 12.8 Å². The number of amides is 2. The minimum absolute atomic E-state index is 0.0259. The molecule has 0 saturated carbocycles. The third kappa shape index (κ3) is 6.52. The maximum atomic E-state index is 13.3. The van der Waals surface area contributed by atoms with Crippen molar-refractivity contribution in [1.29, 1.82) is 0 Å². The second kappa shape index (κ2) is 9.91. The fourth-order valence-electron chi connectivity index (χ4n) is 3.29. The Balaban J connectivity index is 2.40.